The summed E-state index contributed by atoms with van der Waals surface area (Å²) in [5.74, 6) is 0.519. The fraction of sp³-hybridized carbons (Fsp3) is 0.815. The number of fused-ring (bicyclic) bond motifs is 5. The van der Waals surface area contributed by atoms with Crippen LogP contribution in [0.5, 0.6) is 0 Å². The maximum absolute atomic E-state index is 12.3. The van der Waals surface area contributed by atoms with Gasteiger partial charge in [0.05, 0.1) is 5.92 Å². The molecule has 31 heavy (non-hydrogen) atoms. The van der Waals surface area contributed by atoms with Crippen LogP contribution in [0.4, 0.5) is 0 Å². The molecule has 0 amide bonds. The highest BCUT2D eigenvalue weighted by atomic mass is 16.5. The summed E-state index contributed by atoms with van der Waals surface area (Å²) in [5.41, 5.74) is 0.619. The second-order valence-electron chi connectivity index (χ2n) is 12.4. The minimum Gasteiger partial charge on any atom is -0.462 e. The Morgan fingerprint density at radius 2 is 1.68 bits per heavy atom. The van der Waals surface area contributed by atoms with E-state index in [1.807, 2.05) is 6.08 Å². The SMILES string of the molecule is CC(=O)O[C@@H]1C[C@H]2[C@@](C)(CCC3C(C)(C)CCC[C@@]32C)[C@@H]2CC=C(C=O)[C@H](C=O)[C@@]12C. The zero-order valence-corrected chi connectivity index (χ0v) is 20.2. The normalized spacial score (nSPS) is 48.3. The molecule has 0 heterocycles. The van der Waals surface area contributed by atoms with Gasteiger partial charge in [-0.1, -0.05) is 47.1 Å². The van der Waals surface area contributed by atoms with Gasteiger partial charge in [-0.25, -0.2) is 0 Å². The first-order chi connectivity index (χ1) is 14.4. The highest BCUT2D eigenvalue weighted by Crippen LogP contribution is 2.73. The van der Waals surface area contributed by atoms with E-state index in [1.54, 1.807) is 0 Å². The van der Waals surface area contributed by atoms with Crippen LogP contribution in [0.3, 0.4) is 0 Å². The van der Waals surface area contributed by atoms with E-state index >= 15 is 0 Å². The predicted molar refractivity (Wildman–Crippen MR) is 120 cm³/mol. The van der Waals surface area contributed by atoms with Crippen LogP contribution in [0, 0.1) is 45.3 Å². The Kier molecular flexibility index (Phi) is 5.34. The molecule has 4 aliphatic carbocycles. The van der Waals surface area contributed by atoms with Crippen molar-refractivity contribution in [3.63, 3.8) is 0 Å². The van der Waals surface area contributed by atoms with Gasteiger partial charge in [0, 0.05) is 12.3 Å². The summed E-state index contributed by atoms with van der Waals surface area (Å²) in [6.45, 7) is 13.4. The molecule has 0 aromatic rings. The summed E-state index contributed by atoms with van der Waals surface area (Å²) in [6.07, 6.45) is 11.1. The maximum Gasteiger partial charge on any atom is 0.302 e. The van der Waals surface area contributed by atoms with Gasteiger partial charge in [-0.3, -0.25) is 9.59 Å². The monoisotopic (exact) mass is 428 g/mol. The summed E-state index contributed by atoms with van der Waals surface area (Å²) >= 11 is 0. The molecular formula is C27H40O4. The first kappa shape index (κ1) is 22.7. The van der Waals surface area contributed by atoms with Gasteiger partial charge in [0.2, 0.25) is 0 Å². The molecule has 0 aliphatic heterocycles. The van der Waals surface area contributed by atoms with Crippen molar-refractivity contribution in [1.82, 2.24) is 0 Å². The van der Waals surface area contributed by atoms with Crippen LogP contribution in [0.1, 0.15) is 86.5 Å². The van der Waals surface area contributed by atoms with Crippen LogP contribution in [-0.2, 0) is 19.1 Å². The molecule has 1 unspecified atom stereocenters. The predicted octanol–water partition coefficient (Wildman–Crippen LogP) is 5.54. The van der Waals surface area contributed by atoms with Crippen molar-refractivity contribution in [2.45, 2.75) is 92.6 Å². The Morgan fingerprint density at radius 3 is 2.29 bits per heavy atom. The Morgan fingerprint density at radius 1 is 1.00 bits per heavy atom. The number of carbonyl (C=O) groups is 3. The van der Waals surface area contributed by atoms with Crippen molar-refractivity contribution in [2.75, 3.05) is 0 Å². The molecule has 0 spiro atoms. The summed E-state index contributed by atoms with van der Waals surface area (Å²) in [5, 5.41) is 0. The molecule has 0 aromatic heterocycles. The van der Waals surface area contributed by atoms with Crippen LogP contribution in [0.15, 0.2) is 11.6 Å². The highest BCUT2D eigenvalue weighted by molar-refractivity contribution is 5.82. The number of hydrogen-bond donors (Lipinski definition) is 0. The maximum atomic E-state index is 12.3. The van der Waals surface area contributed by atoms with Gasteiger partial charge in [-0.15, -0.1) is 0 Å². The standard InChI is InChI=1S/C27H40O4/c1-17(30)31-23-14-22-25(4)12-7-11-24(2,3)20(25)10-13-26(22,5)21-9-8-18(15-28)19(16-29)27(21,23)6/h8,15-16,19-23H,7,9-14H2,1-6H3/t19-,20?,21-,22+,23+,25-,26-,27+/m0/s1. The summed E-state index contributed by atoms with van der Waals surface area (Å²) in [7, 11) is 0. The largest absolute Gasteiger partial charge is 0.462 e. The molecule has 3 fully saturated rings. The van der Waals surface area contributed by atoms with Gasteiger partial charge in [0.1, 0.15) is 18.7 Å². The molecule has 172 valence electrons. The Bertz CT molecular complexity index is 812. The second-order valence-corrected chi connectivity index (χ2v) is 12.4. The minimum atomic E-state index is -0.545. The van der Waals surface area contributed by atoms with Crippen LogP contribution < -0.4 is 0 Å². The molecule has 4 heteroatoms. The lowest BCUT2D eigenvalue weighted by Gasteiger charge is -2.70. The third kappa shape index (κ3) is 3.03. The van der Waals surface area contributed by atoms with E-state index < -0.39 is 11.3 Å². The molecule has 4 aliphatic rings. The van der Waals surface area contributed by atoms with E-state index in [4.69, 9.17) is 4.74 Å². The molecule has 4 rings (SSSR count). The van der Waals surface area contributed by atoms with E-state index in [2.05, 4.69) is 34.6 Å². The number of esters is 1. The topological polar surface area (TPSA) is 60.4 Å². The van der Waals surface area contributed by atoms with Gasteiger partial charge < -0.3 is 9.53 Å². The first-order valence-electron chi connectivity index (χ1n) is 12.2. The lowest BCUT2D eigenvalue weighted by Crippen LogP contribution is -2.67. The van der Waals surface area contributed by atoms with Gasteiger partial charge in [-0.2, -0.15) is 0 Å². The van der Waals surface area contributed by atoms with Crippen molar-refractivity contribution in [3.8, 4) is 0 Å². The molecule has 0 saturated heterocycles. The Labute approximate surface area is 187 Å². The number of allylic oxidation sites excluding steroid dienone is 2. The highest BCUT2D eigenvalue weighted by Gasteiger charge is 2.68. The molecule has 3 saturated carbocycles. The van der Waals surface area contributed by atoms with Gasteiger partial charge in [0.15, 0.2) is 0 Å². The fourth-order valence-electron chi connectivity index (χ4n) is 9.45. The van der Waals surface area contributed by atoms with E-state index in [9.17, 15) is 14.4 Å². The molecule has 0 bridgehead atoms. The van der Waals surface area contributed by atoms with E-state index in [-0.39, 0.29) is 28.8 Å². The summed E-state index contributed by atoms with van der Waals surface area (Å²) < 4.78 is 6.02. The quantitative estimate of drug-likeness (QED) is 0.437. The van der Waals surface area contributed by atoms with Gasteiger partial charge >= 0.3 is 5.97 Å². The average Bonchev–Trinajstić information content (AvgIpc) is 2.67. The van der Waals surface area contributed by atoms with Crippen molar-refractivity contribution in [2.24, 2.45) is 45.3 Å². The van der Waals surface area contributed by atoms with Crippen molar-refractivity contribution >= 4 is 18.5 Å². The van der Waals surface area contributed by atoms with E-state index in [0.717, 1.165) is 31.8 Å². The second kappa shape index (κ2) is 7.28. The van der Waals surface area contributed by atoms with Crippen LogP contribution in [0.25, 0.3) is 0 Å². The number of rotatable bonds is 3. The van der Waals surface area contributed by atoms with E-state index in [0.29, 0.717) is 22.8 Å². The number of ether oxygens (including phenoxy) is 1. The third-order valence-corrected chi connectivity index (χ3v) is 10.7. The van der Waals surface area contributed by atoms with Crippen molar-refractivity contribution in [3.05, 3.63) is 11.6 Å². The molecule has 8 atom stereocenters. The average molecular weight is 429 g/mol. The molecule has 0 N–H and O–H groups in total. The Balaban J connectivity index is 1.85. The molecule has 0 radical (unpaired) electrons. The zero-order chi connectivity index (χ0) is 22.8. The fourth-order valence-corrected chi connectivity index (χ4v) is 9.45. The smallest absolute Gasteiger partial charge is 0.302 e. The lowest BCUT2D eigenvalue weighted by molar-refractivity contribution is -0.238. The minimum absolute atomic E-state index is 0.0657. The zero-order valence-electron chi connectivity index (χ0n) is 20.2. The van der Waals surface area contributed by atoms with E-state index in [1.165, 1.54) is 32.6 Å². The summed E-state index contributed by atoms with van der Waals surface area (Å²) in [6, 6.07) is 0. The number of hydrogen-bond acceptors (Lipinski definition) is 4. The molecular weight excluding hydrogens is 388 g/mol. The Hall–Kier alpha value is -1.45. The van der Waals surface area contributed by atoms with Crippen molar-refractivity contribution < 1.29 is 19.1 Å². The number of aldehydes is 2. The lowest BCUT2D eigenvalue weighted by atomic mass is 9.35. The van der Waals surface area contributed by atoms with Crippen LogP contribution in [-0.4, -0.2) is 24.6 Å². The molecule has 0 aromatic carbocycles. The first-order valence-corrected chi connectivity index (χ1v) is 12.2. The van der Waals surface area contributed by atoms with Crippen molar-refractivity contribution in [1.29, 1.82) is 0 Å². The van der Waals surface area contributed by atoms with Gasteiger partial charge in [0.25, 0.3) is 0 Å². The summed E-state index contributed by atoms with van der Waals surface area (Å²) in [4.78, 5) is 36.3. The van der Waals surface area contributed by atoms with Gasteiger partial charge in [-0.05, 0) is 78.1 Å². The van der Waals surface area contributed by atoms with Crippen LogP contribution >= 0.6 is 0 Å². The third-order valence-electron chi connectivity index (χ3n) is 10.7. The van der Waals surface area contributed by atoms with Crippen LogP contribution in [0.2, 0.25) is 0 Å². The molecule has 4 nitrogen and oxygen atoms in total. The number of carbonyl (C=O) groups excluding carboxylic acids is 3.